The molecule has 2 rings (SSSR count). The lowest BCUT2D eigenvalue weighted by atomic mass is 9.77. The summed E-state index contributed by atoms with van der Waals surface area (Å²) in [6, 6.07) is 10.5. The fourth-order valence-electron chi connectivity index (χ4n) is 3.72. The first-order valence-corrected chi connectivity index (χ1v) is 10.8. The quantitative estimate of drug-likeness (QED) is 0.581. The lowest BCUT2D eigenvalue weighted by molar-refractivity contribution is -0.150. The number of nitriles is 1. The number of carbonyl (C=O) groups excluding carboxylic acids is 1. The van der Waals surface area contributed by atoms with Crippen LogP contribution < -0.4 is 5.32 Å². The van der Waals surface area contributed by atoms with Crippen molar-refractivity contribution in [1.82, 2.24) is 5.32 Å². The first-order chi connectivity index (χ1) is 13.9. The molecule has 4 heteroatoms. The zero-order chi connectivity index (χ0) is 22.7. The van der Waals surface area contributed by atoms with Crippen molar-refractivity contribution in [2.45, 2.75) is 86.2 Å². The van der Waals surface area contributed by atoms with E-state index in [4.69, 9.17) is 4.74 Å². The van der Waals surface area contributed by atoms with Crippen molar-refractivity contribution in [3.8, 4) is 6.07 Å². The molecule has 1 aromatic carbocycles. The molecular formula is C26H36N2O2. The minimum atomic E-state index is -0.610. The van der Waals surface area contributed by atoms with Crippen molar-refractivity contribution in [3.63, 3.8) is 0 Å². The minimum absolute atomic E-state index is 0.00298. The van der Waals surface area contributed by atoms with E-state index >= 15 is 0 Å². The molecule has 4 nitrogen and oxygen atoms in total. The Hall–Kier alpha value is -2.54. The van der Waals surface area contributed by atoms with E-state index in [2.05, 4.69) is 39.1 Å². The number of esters is 1. The Morgan fingerprint density at radius 3 is 2.17 bits per heavy atom. The average molecular weight is 409 g/mol. The second-order valence-electron chi connectivity index (χ2n) is 10.4. The number of nitrogens with zero attached hydrogens (tertiary/aromatic N) is 1. The molecule has 1 atom stereocenters. The molecule has 1 heterocycles. The van der Waals surface area contributed by atoms with Crippen LogP contribution in [0.15, 0.2) is 46.8 Å². The van der Waals surface area contributed by atoms with Crippen LogP contribution in [0.1, 0.15) is 84.8 Å². The molecule has 0 amide bonds. The summed E-state index contributed by atoms with van der Waals surface area (Å²) in [4.78, 5) is 13.4. The molecule has 0 fully saturated rings. The van der Waals surface area contributed by atoms with E-state index in [9.17, 15) is 10.1 Å². The minimum Gasteiger partial charge on any atom is -0.457 e. The maximum Gasteiger partial charge on any atom is 0.337 e. The molecule has 162 valence electrons. The summed E-state index contributed by atoms with van der Waals surface area (Å²) in [6.07, 6.45) is 2.34. The number of carbonyl (C=O) groups is 1. The van der Waals surface area contributed by atoms with Gasteiger partial charge in [0.1, 0.15) is 5.60 Å². The molecule has 0 aliphatic carbocycles. The van der Waals surface area contributed by atoms with Gasteiger partial charge in [0.05, 0.1) is 23.1 Å². The lowest BCUT2D eigenvalue weighted by Gasteiger charge is -2.34. The first-order valence-electron chi connectivity index (χ1n) is 10.8. The summed E-state index contributed by atoms with van der Waals surface area (Å²) in [6.45, 7) is 16.2. The molecule has 1 unspecified atom stereocenters. The van der Waals surface area contributed by atoms with Gasteiger partial charge in [-0.15, -0.1) is 0 Å². The predicted molar refractivity (Wildman–Crippen MR) is 122 cm³/mol. The molecule has 0 saturated heterocycles. The standard InChI is InChI=1S/C26H36N2O2/c1-9-10-20-23(24(29)30-26(6,7)8)22(18-13-11-17(2)12-14-18)19(16-27)21(28-20)15-25(3,4)5/h11-14,22,28H,9-10,15H2,1-8H3. The lowest BCUT2D eigenvalue weighted by Crippen LogP contribution is -2.34. The molecule has 0 saturated carbocycles. The maximum absolute atomic E-state index is 13.4. The molecule has 1 aliphatic rings. The normalized spacial score (nSPS) is 17.5. The van der Waals surface area contributed by atoms with E-state index in [-0.39, 0.29) is 11.4 Å². The zero-order valence-corrected chi connectivity index (χ0v) is 19.8. The van der Waals surface area contributed by atoms with Crippen LogP contribution in [0.2, 0.25) is 0 Å². The fraction of sp³-hybridized carbons (Fsp3) is 0.538. The van der Waals surface area contributed by atoms with Crippen molar-refractivity contribution >= 4 is 5.97 Å². The first kappa shape index (κ1) is 23.7. The fourth-order valence-corrected chi connectivity index (χ4v) is 3.72. The Morgan fingerprint density at radius 1 is 1.10 bits per heavy atom. The molecule has 30 heavy (non-hydrogen) atoms. The van der Waals surface area contributed by atoms with E-state index in [0.29, 0.717) is 11.1 Å². The van der Waals surface area contributed by atoms with E-state index in [1.54, 1.807) is 0 Å². The van der Waals surface area contributed by atoms with Crippen molar-refractivity contribution in [3.05, 3.63) is 57.9 Å². The highest BCUT2D eigenvalue weighted by atomic mass is 16.6. The van der Waals surface area contributed by atoms with Crippen LogP contribution in [0.25, 0.3) is 0 Å². The number of aryl methyl sites for hydroxylation is 1. The number of dihydropyridines is 1. The number of allylic oxidation sites excluding steroid dienone is 3. The predicted octanol–water partition coefficient (Wildman–Crippen LogP) is 6.29. The molecule has 1 N–H and O–H groups in total. The molecule has 0 spiro atoms. The van der Waals surface area contributed by atoms with Gasteiger partial charge in [-0.3, -0.25) is 0 Å². The Morgan fingerprint density at radius 2 is 1.70 bits per heavy atom. The summed E-state index contributed by atoms with van der Waals surface area (Å²) in [5.41, 5.74) is 4.42. The molecular weight excluding hydrogens is 372 g/mol. The Bertz CT molecular complexity index is 885. The summed E-state index contributed by atoms with van der Waals surface area (Å²) in [7, 11) is 0. The van der Waals surface area contributed by atoms with Crippen LogP contribution in [0.5, 0.6) is 0 Å². The number of nitrogens with one attached hydrogen (secondary N) is 1. The smallest absolute Gasteiger partial charge is 0.337 e. The van der Waals surface area contributed by atoms with Crippen molar-refractivity contribution < 1.29 is 9.53 Å². The van der Waals surface area contributed by atoms with Crippen molar-refractivity contribution in [2.24, 2.45) is 5.41 Å². The third-order valence-corrected chi connectivity index (χ3v) is 4.89. The van der Waals surface area contributed by atoms with Gasteiger partial charge in [0.25, 0.3) is 0 Å². The Kier molecular flexibility index (Phi) is 7.18. The number of ether oxygens (including phenoxy) is 1. The SMILES string of the molecule is CCCC1=C(C(=O)OC(C)(C)C)C(c2ccc(C)cc2)C(C#N)=C(CC(C)(C)C)N1. The van der Waals surface area contributed by atoms with Gasteiger partial charge in [0, 0.05) is 11.4 Å². The van der Waals surface area contributed by atoms with Gasteiger partial charge in [0.15, 0.2) is 0 Å². The van der Waals surface area contributed by atoms with Gasteiger partial charge in [-0.2, -0.15) is 5.26 Å². The summed E-state index contributed by atoms with van der Waals surface area (Å²) >= 11 is 0. The van der Waals surface area contributed by atoms with Crippen LogP contribution in [-0.4, -0.2) is 11.6 Å². The summed E-state index contributed by atoms with van der Waals surface area (Å²) < 4.78 is 5.79. The third-order valence-electron chi connectivity index (χ3n) is 4.89. The highest BCUT2D eigenvalue weighted by molar-refractivity contribution is 5.93. The van der Waals surface area contributed by atoms with E-state index < -0.39 is 11.5 Å². The van der Waals surface area contributed by atoms with E-state index in [0.717, 1.165) is 41.8 Å². The third kappa shape index (κ3) is 5.98. The number of hydrogen-bond donors (Lipinski definition) is 1. The van der Waals surface area contributed by atoms with Gasteiger partial charge in [-0.1, -0.05) is 63.9 Å². The molecule has 1 aliphatic heterocycles. The highest BCUT2D eigenvalue weighted by Gasteiger charge is 2.38. The van der Waals surface area contributed by atoms with Gasteiger partial charge in [0.2, 0.25) is 0 Å². The van der Waals surface area contributed by atoms with Crippen LogP contribution in [-0.2, 0) is 9.53 Å². The molecule has 0 aromatic heterocycles. The summed E-state index contributed by atoms with van der Waals surface area (Å²) in [5, 5.41) is 13.6. The maximum atomic E-state index is 13.4. The highest BCUT2D eigenvalue weighted by Crippen LogP contribution is 2.42. The second kappa shape index (κ2) is 9.08. The largest absolute Gasteiger partial charge is 0.457 e. The monoisotopic (exact) mass is 408 g/mol. The van der Waals surface area contributed by atoms with Gasteiger partial charge < -0.3 is 10.1 Å². The topological polar surface area (TPSA) is 62.1 Å². The van der Waals surface area contributed by atoms with Gasteiger partial charge in [-0.25, -0.2) is 4.79 Å². The number of benzene rings is 1. The average Bonchev–Trinajstić information content (AvgIpc) is 2.59. The number of rotatable bonds is 5. The molecule has 0 bridgehead atoms. The Balaban J connectivity index is 2.72. The van der Waals surface area contributed by atoms with Crippen LogP contribution >= 0.6 is 0 Å². The molecule has 1 aromatic rings. The molecule has 0 radical (unpaired) electrons. The number of hydrogen-bond acceptors (Lipinski definition) is 4. The van der Waals surface area contributed by atoms with Crippen molar-refractivity contribution in [2.75, 3.05) is 0 Å². The second-order valence-corrected chi connectivity index (χ2v) is 10.4. The van der Waals surface area contributed by atoms with Crippen molar-refractivity contribution in [1.29, 1.82) is 5.26 Å². The van der Waals surface area contributed by atoms with Crippen LogP contribution in [0.4, 0.5) is 0 Å². The van der Waals surface area contributed by atoms with Gasteiger partial charge >= 0.3 is 5.97 Å². The van der Waals surface area contributed by atoms with E-state index in [1.807, 2.05) is 52.0 Å². The Labute approximate surface area is 182 Å². The summed E-state index contributed by atoms with van der Waals surface area (Å²) in [5.74, 6) is -0.780. The van der Waals surface area contributed by atoms with E-state index in [1.165, 1.54) is 0 Å². The van der Waals surface area contributed by atoms with Crippen LogP contribution in [0.3, 0.4) is 0 Å². The zero-order valence-electron chi connectivity index (χ0n) is 19.8. The van der Waals surface area contributed by atoms with Gasteiger partial charge in [-0.05, 0) is 51.5 Å². The van der Waals surface area contributed by atoms with Crippen LogP contribution in [0, 0.1) is 23.7 Å².